The maximum Gasteiger partial charge on any atom is 0.276 e. The van der Waals surface area contributed by atoms with Crippen LogP contribution in [0.5, 0.6) is 0 Å². The van der Waals surface area contributed by atoms with Crippen LogP contribution in [0.2, 0.25) is 0 Å². The standard InChI is InChI=1S/C19H30N4O4.C18H28N4O4.2C18H28N4O3/c1-12(20)10-18(25)21-14-4-6-15(7-5-14)23(8-9-24)19(26)16-11-17(27-22-16)13-2-3-13;19-8-7-17(24)20-13-3-5-14(6-4-13)22(9-10-23)18(25)15-11-16(26-21-15)12-1-2-12;2*1-11(19)9-17(23)20-13-5-7-14(8-6-13)22(2)18(24)15-10-16(25-21-15)12-3-4-12/h11-15,24H,2-10,20H2,1H3,(H,21,25);11-14,23H,1-10,19H2,(H,20,24);2*10-14H,3-9,19H2,1-2H3,(H,20,23)/t12-,14?,15?;;2*11-,13?,14?/m0.11/s1. The molecule has 8 aliphatic rings. The van der Waals surface area contributed by atoms with Crippen molar-refractivity contribution < 1.29 is 66.7 Å². The molecular weight excluding hydrogens is 1320 g/mol. The minimum absolute atomic E-state index is 0.0121. The molecule has 4 aromatic heterocycles. The fraction of sp³-hybridized carbons (Fsp3) is 0.726. The molecule has 0 spiro atoms. The monoisotopic (exact) mass is 1440 g/mol. The van der Waals surface area contributed by atoms with Gasteiger partial charge in [0.05, 0.1) is 13.2 Å². The Hall–Kier alpha value is -7.64. The summed E-state index contributed by atoms with van der Waals surface area (Å²) in [6, 6.07) is 7.69. The Morgan fingerprint density at radius 3 is 0.874 bits per heavy atom. The molecule has 4 heterocycles. The van der Waals surface area contributed by atoms with Crippen molar-refractivity contribution in [3.05, 3.63) is 70.1 Å². The molecule has 0 unspecified atom stereocenters. The number of carbonyl (C=O) groups excluding carboxylic acids is 8. The Morgan fingerprint density at radius 1 is 0.398 bits per heavy atom. The minimum atomic E-state index is -0.191. The van der Waals surface area contributed by atoms with E-state index >= 15 is 0 Å². The third-order valence-electron chi connectivity index (χ3n) is 20.9. The zero-order chi connectivity index (χ0) is 73.9. The van der Waals surface area contributed by atoms with Crippen LogP contribution >= 0.6 is 0 Å². The van der Waals surface area contributed by atoms with E-state index in [-0.39, 0.29) is 140 Å². The highest BCUT2D eigenvalue weighted by molar-refractivity contribution is 5.94. The first-order valence-electron chi connectivity index (χ1n) is 37.9. The van der Waals surface area contributed by atoms with Crippen LogP contribution in [-0.2, 0) is 19.2 Å². The molecule has 0 radical (unpaired) electrons. The summed E-state index contributed by atoms with van der Waals surface area (Å²) in [4.78, 5) is 105. The van der Waals surface area contributed by atoms with Gasteiger partial charge >= 0.3 is 0 Å². The average Bonchev–Trinajstić information content (AvgIpc) is 1.53. The van der Waals surface area contributed by atoms with E-state index in [0.717, 1.165) is 177 Å². The van der Waals surface area contributed by atoms with Gasteiger partial charge < -0.3 is 92.1 Å². The molecule has 3 atom stereocenters. The van der Waals surface area contributed by atoms with Crippen LogP contribution in [0, 0.1) is 0 Å². The molecule has 14 N–H and O–H groups in total. The molecule has 30 nitrogen and oxygen atoms in total. The molecule has 0 aromatic carbocycles. The summed E-state index contributed by atoms with van der Waals surface area (Å²) < 4.78 is 21.2. The highest BCUT2D eigenvalue weighted by Crippen LogP contribution is 2.43. The van der Waals surface area contributed by atoms with E-state index in [1.165, 1.54) is 0 Å². The highest BCUT2D eigenvalue weighted by atomic mass is 16.5. The van der Waals surface area contributed by atoms with Crippen LogP contribution in [0.25, 0.3) is 0 Å². The van der Waals surface area contributed by atoms with E-state index in [1.54, 1.807) is 43.9 Å². The summed E-state index contributed by atoms with van der Waals surface area (Å²) in [6.07, 6.45) is 23.5. The minimum Gasteiger partial charge on any atom is -0.395 e. The first-order valence-corrected chi connectivity index (χ1v) is 37.9. The summed E-state index contributed by atoms with van der Waals surface area (Å²) in [5.74, 6) is 4.38. The van der Waals surface area contributed by atoms with Crippen LogP contribution in [0.15, 0.2) is 42.4 Å². The van der Waals surface area contributed by atoms with Gasteiger partial charge in [0.1, 0.15) is 23.0 Å². The molecule has 8 saturated carbocycles. The summed E-state index contributed by atoms with van der Waals surface area (Å²) in [6.45, 7) is 6.19. The van der Waals surface area contributed by atoms with E-state index < -0.39 is 0 Å². The van der Waals surface area contributed by atoms with Crippen molar-refractivity contribution in [2.24, 2.45) is 22.9 Å². The number of aliphatic hydroxyl groups excluding tert-OH is 2. The second-order valence-corrected chi connectivity index (χ2v) is 30.2. The van der Waals surface area contributed by atoms with Crippen LogP contribution in [0.3, 0.4) is 0 Å². The van der Waals surface area contributed by atoms with E-state index in [2.05, 4.69) is 41.9 Å². The third-order valence-corrected chi connectivity index (χ3v) is 20.9. The maximum atomic E-state index is 12.9. The zero-order valence-corrected chi connectivity index (χ0v) is 61.0. The van der Waals surface area contributed by atoms with Gasteiger partial charge in [-0.15, -0.1) is 0 Å². The summed E-state index contributed by atoms with van der Waals surface area (Å²) in [7, 11) is 3.65. The molecular formula is C73H114N16O14. The number of nitrogens with one attached hydrogen (secondary N) is 4. The van der Waals surface area contributed by atoms with Gasteiger partial charge in [-0.25, -0.2) is 0 Å². The number of hydrogen-bond acceptors (Lipinski definition) is 22. The Labute approximate surface area is 603 Å². The van der Waals surface area contributed by atoms with Crippen molar-refractivity contribution >= 4 is 47.3 Å². The van der Waals surface area contributed by atoms with Crippen LogP contribution < -0.4 is 44.2 Å². The lowest BCUT2D eigenvalue weighted by molar-refractivity contribution is -0.123. The van der Waals surface area contributed by atoms with E-state index in [4.69, 9.17) is 41.0 Å². The average molecular weight is 1440 g/mol. The Kier molecular flexibility index (Phi) is 29.6. The summed E-state index contributed by atoms with van der Waals surface area (Å²) in [5, 5.41) is 46.7. The Bertz CT molecular complexity index is 3270. The normalized spacial score (nSPS) is 23.9. The lowest BCUT2D eigenvalue weighted by atomic mass is 9.89. The number of rotatable bonds is 28. The lowest BCUT2D eigenvalue weighted by Crippen LogP contribution is -2.47. The number of nitrogens with zero attached hydrogens (tertiary/aromatic N) is 8. The quantitative estimate of drug-likeness (QED) is 0.0336. The van der Waals surface area contributed by atoms with E-state index in [9.17, 15) is 48.6 Å². The Morgan fingerprint density at radius 2 is 0.641 bits per heavy atom. The van der Waals surface area contributed by atoms with Crippen molar-refractivity contribution in [2.45, 2.75) is 291 Å². The molecule has 0 aliphatic heterocycles. The van der Waals surface area contributed by atoms with Gasteiger partial charge in [0.15, 0.2) is 22.8 Å². The fourth-order valence-electron chi connectivity index (χ4n) is 14.4. The van der Waals surface area contributed by atoms with E-state index in [1.807, 2.05) is 34.9 Å². The fourth-order valence-corrected chi connectivity index (χ4v) is 14.4. The summed E-state index contributed by atoms with van der Waals surface area (Å²) >= 11 is 0. The first-order chi connectivity index (χ1) is 49.5. The SMILES string of the molecule is C[C@@H](N)CC(=O)NC1CCC(N(C)C(=O)c2cc(C3CC3)on2)CC1.C[C@@H](N)CC(=O)NC1CCC(N(C)C(=O)c2cc(C3CC3)on2)CC1.C[C@H](N)CC(=O)NC1CCC(N(CCO)C(=O)c2cc(C3CC3)on2)CC1.NCCC(=O)NC1CCC(N(CCO)C(=O)c2cc(C3CC3)on2)CC1. The topological polar surface area (TPSA) is 446 Å². The number of carbonyl (C=O) groups is 8. The van der Waals surface area contributed by atoms with Crippen molar-refractivity contribution in [3.8, 4) is 0 Å². The number of aliphatic hydroxyl groups is 2. The zero-order valence-electron chi connectivity index (χ0n) is 61.0. The van der Waals surface area contributed by atoms with Crippen LogP contribution in [-0.4, -0.2) is 211 Å². The lowest BCUT2D eigenvalue weighted by Gasteiger charge is -2.36. The van der Waals surface area contributed by atoms with Crippen molar-refractivity contribution in [1.29, 1.82) is 0 Å². The molecule has 4 aromatic rings. The maximum absolute atomic E-state index is 12.9. The van der Waals surface area contributed by atoms with Crippen molar-refractivity contribution in [1.82, 2.24) is 61.5 Å². The smallest absolute Gasteiger partial charge is 0.276 e. The number of amides is 8. The molecule has 12 rings (SSSR count). The summed E-state index contributed by atoms with van der Waals surface area (Å²) in [5.41, 5.74) is 23.8. The molecule has 0 bridgehead atoms. The molecule has 30 heteroatoms. The second kappa shape index (κ2) is 38.4. The number of hydrogen-bond donors (Lipinski definition) is 10. The van der Waals surface area contributed by atoms with Gasteiger partial charge in [0.2, 0.25) is 23.6 Å². The Balaban J connectivity index is 0.000000160. The van der Waals surface area contributed by atoms with E-state index in [0.29, 0.717) is 78.7 Å². The van der Waals surface area contributed by atoms with Gasteiger partial charge in [-0.3, -0.25) is 38.4 Å². The molecule has 8 amide bonds. The van der Waals surface area contributed by atoms with Crippen molar-refractivity contribution in [2.75, 3.05) is 46.9 Å². The number of aromatic nitrogens is 4. The first kappa shape index (κ1) is 79.5. The van der Waals surface area contributed by atoms with Gasteiger partial charge in [-0.05, 0) is 175 Å². The third kappa shape index (κ3) is 24.5. The molecule has 8 aliphatic carbocycles. The van der Waals surface area contributed by atoms with Gasteiger partial charge in [0, 0.05) is 174 Å². The second-order valence-electron chi connectivity index (χ2n) is 30.2. The molecule has 570 valence electrons. The largest absolute Gasteiger partial charge is 0.395 e. The molecule has 8 fully saturated rings. The van der Waals surface area contributed by atoms with Gasteiger partial charge in [0.25, 0.3) is 23.6 Å². The predicted molar refractivity (Wildman–Crippen MR) is 380 cm³/mol. The van der Waals surface area contributed by atoms with Crippen molar-refractivity contribution in [3.63, 3.8) is 0 Å². The molecule has 0 saturated heterocycles. The number of nitrogens with two attached hydrogens (primary N) is 4. The predicted octanol–water partition coefficient (Wildman–Crippen LogP) is 5.49. The van der Waals surface area contributed by atoms with Gasteiger partial charge in [-0.2, -0.15) is 0 Å². The van der Waals surface area contributed by atoms with Crippen LogP contribution in [0.4, 0.5) is 0 Å². The molecule has 103 heavy (non-hydrogen) atoms. The van der Waals surface area contributed by atoms with Gasteiger partial charge in [-0.1, -0.05) is 20.6 Å². The van der Waals surface area contributed by atoms with Crippen LogP contribution in [0.1, 0.15) is 289 Å². The highest BCUT2D eigenvalue weighted by Gasteiger charge is 2.38.